The summed E-state index contributed by atoms with van der Waals surface area (Å²) >= 11 is 0. The third-order valence-electron chi connectivity index (χ3n) is 3.98. The Balaban J connectivity index is 1.94. The number of hydrogen-bond donors (Lipinski definition) is 1. The van der Waals surface area contributed by atoms with Gasteiger partial charge in [-0.2, -0.15) is 0 Å². The van der Waals surface area contributed by atoms with E-state index in [0.717, 1.165) is 30.4 Å². The quantitative estimate of drug-likeness (QED) is 0.941. The second-order valence-corrected chi connectivity index (χ2v) is 7.28. The summed E-state index contributed by atoms with van der Waals surface area (Å²) in [4.78, 5) is 0.302. The highest BCUT2D eigenvalue weighted by Crippen LogP contribution is 2.29. The number of methoxy groups -OCH3 is 1. The molecule has 0 saturated heterocycles. The van der Waals surface area contributed by atoms with E-state index in [4.69, 9.17) is 4.74 Å². The Morgan fingerprint density at radius 2 is 1.82 bits per heavy atom. The van der Waals surface area contributed by atoms with Crippen LogP contribution in [0.2, 0.25) is 0 Å². The zero-order valence-corrected chi connectivity index (χ0v) is 13.5. The van der Waals surface area contributed by atoms with Gasteiger partial charge in [-0.25, -0.2) is 8.42 Å². The molecule has 2 aromatic rings. The Kier molecular flexibility index (Phi) is 3.83. The number of anilines is 1. The van der Waals surface area contributed by atoms with Gasteiger partial charge in [0.2, 0.25) is 0 Å². The van der Waals surface area contributed by atoms with Crippen LogP contribution in [0.25, 0.3) is 0 Å². The fraction of sp³-hybridized carbons (Fsp3) is 0.294. The normalized spacial score (nSPS) is 13.7. The van der Waals surface area contributed by atoms with Crippen LogP contribution in [0.1, 0.15) is 23.1 Å². The van der Waals surface area contributed by atoms with Gasteiger partial charge in [0.1, 0.15) is 5.75 Å². The van der Waals surface area contributed by atoms with E-state index in [9.17, 15) is 8.42 Å². The van der Waals surface area contributed by atoms with Crippen LogP contribution in [0, 0.1) is 6.92 Å². The molecule has 0 saturated carbocycles. The van der Waals surface area contributed by atoms with Gasteiger partial charge in [0.25, 0.3) is 10.0 Å². The number of fused-ring (bicyclic) bond motifs is 1. The molecule has 0 heterocycles. The second-order valence-electron chi connectivity index (χ2n) is 5.59. The maximum absolute atomic E-state index is 12.6. The molecule has 1 N–H and O–H groups in total. The molecule has 116 valence electrons. The molecule has 0 aliphatic heterocycles. The number of benzene rings is 2. The first kappa shape index (κ1) is 14.9. The average molecular weight is 317 g/mol. The van der Waals surface area contributed by atoms with E-state index in [0.29, 0.717) is 16.3 Å². The van der Waals surface area contributed by atoms with Crippen molar-refractivity contribution in [1.82, 2.24) is 0 Å². The van der Waals surface area contributed by atoms with E-state index >= 15 is 0 Å². The molecule has 0 spiro atoms. The van der Waals surface area contributed by atoms with Crippen LogP contribution in [0.4, 0.5) is 5.69 Å². The Hall–Kier alpha value is -2.01. The summed E-state index contributed by atoms with van der Waals surface area (Å²) in [5.74, 6) is 0.518. The van der Waals surface area contributed by atoms with Gasteiger partial charge >= 0.3 is 0 Å². The van der Waals surface area contributed by atoms with Crippen LogP contribution in [0.5, 0.6) is 5.75 Å². The molecule has 1 aliphatic rings. The zero-order chi connectivity index (χ0) is 15.7. The van der Waals surface area contributed by atoms with Gasteiger partial charge in [0, 0.05) is 0 Å². The van der Waals surface area contributed by atoms with Crippen molar-refractivity contribution in [1.29, 1.82) is 0 Å². The fourth-order valence-corrected chi connectivity index (χ4v) is 3.92. The maximum Gasteiger partial charge on any atom is 0.262 e. The highest BCUT2D eigenvalue weighted by Gasteiger charge is 2.19. The summed E-state index contributed by atoms with van der Waals surface area (Å²) < 4.78 is 33.1. The van der Waals surface area contributed by atoms with Gasteiger partial charge in [-0.15, -0.1) is 0 Å². The standard InChI is InChI=1S/C17H19NO3S/c1-12-6-9-16(17(10-12)21-2)18-22(19,20)15-8-7-13-4-3-5-14(13)11-15/h6-11,18H,3-5H2,1-2H3. The maximum atomic E-state index is 12.6. The monoisotopic (exact) mass is 317 g/mol. The molecule has 0 bridgehead atoms. The molecule has 2 aromatic carbocycles. The lowest BCUT2D eigenvalue weighted by atomic mass is 10.1. The van der Waals surface area contributed by atoms with E-state index in [1.807, 2.05) is 19.1 Å². The van der Waals surface area contributed by atoms with E-state index < -0.39 is 10.0 Å². The predicted octanol–water partition coefficient (Wildman–Crippen LogP) is 3.29. The summed E-state index contributed by atoms with van der Waals surface area (Å²) in [6.45, 7) is 1.93. The molecule has 0 radical (unpaired) electrons. The summed E-state index contributed by atoms with van der Waals surface area (Å²) in [6, 6.07) is 10.8. The minimum absolute atomic E-state index is 0.302. The van der Waals surface area contributed by atoms with Gasteiger partial charge in [-0.05, 0) is 67.1 Å². The van der Waals surface area contributed by atoms with Gasteiger partial charge in [0.15, 0.2) is 0 Å². The van der Waals surface area contributed by atoms with Crippen LogP contribution in [0.3, 0.4) is 0 Å². The van der Waals surface area contributed by atoms with E-state index in [2.05, 4.69) is 4.72 Å². The zero-order valence-electron chi connectivity index (χ0n) is 12.7. The first-order valence-electron chi connectivity index (χ1n) is 7.29. The van der Waals surface area contributed by atoms with E-state index in [1.165, 1.54) is 12.7 Å². The first-order valence-corrected chi connectivity index (χ1v) is 8.77. The molecule has 1 aliphatic carbocycles. The molecule has 22 heavy (non-hydrogen) atoms. The van der Waals surface area contributed by atoms with Gasteiger partial charge < -0.3 is 4.74 Å². The van der Waals surface area contributed by atoms with E-state index in [1.54, 1.807) is 24.3 Å². The van der Waals surface area contributed by atoms with Crippen molar-refractivity contribution in [3.05, 3.63) is 53.1 Å². The Bertz CT molecular complexity index is 813. The topological polar surface area (TPSA) is 55.4 Å². The Labute approximate surface area is 131 Å². The Morgan fingerprint density at radius 1 is 1.05 bits per heavy atom. The number of nitrogens with one attached hydrogen (secondary N) is 1. The molecular formula is C17H19NO3S. The number of sulfonamides is 1. The lowest BCUT2D eigenvalue weighted by molar-refractivity contribution is 0.416. The molecule has 0 amide bonds. The van der Waals surface area contributed by atoms with Crippen molar-refractivity contribution in [2.45, 2.75) is 31.1 Å². The minimum atomic E-state index is -3.61. The molecule has 0 unspecified atom stereocenters. The van der Waals surface area contributed by atoms with Crippen LogP contribution >= 0.6 is 0 Å². The number of rotatable bonds is 4. The third-order valence-corrected chi connectivity index (χ3v) is 5.34. The van der Waals surface area contributed by atoms with Crippen molar-refractivity contribution < 1.29 is 13.2 Å². The first-order chi connectivity index (χ1) is 10.5. The van der Waals surface area contributed by atoms with Crippen LogP contribution in [-0.4, -0.2) is 15.5 Å². The molecule has 5 heteroatoms. The molecule has 0 atom stereocenters. The largest absolute Gasteiger partial charge is 0.495 e. The smallest absolute Gasteiger partial charge is 0.262 e. The number of aryl methyl sites for hydroxylation is 3. The summed E-state index contributed by atoms with van der Waals surface area (Å²) in [5.41, 5.74) is 3.86. The SMILES string of the molecule is COc1cc(C)ccc1NS(=O)(=O)c1ccc2c(c1)CCC2. The number of ether oxygens (including phenoxy) is 1. The van der Waals surface area contributed by atoms with Crippen molar-refractivity contribution >= 4 is 15.7 Å². The fourth-order valence-electron chi connectivity index (χ4n) is 2.80. The number of hydrogen-bond acceptors (Lipinski definition) is 3. The van der Waals surface area contributed by atoms with Crippen molar-refractivity contribution in [3.8, 4) is 5.75 Å². The van der Waals surface area contributed by atoms with Crippen molar-refractivity contribution in [3.63, 3.8) is 0 Å². The van der Waals surface area contributed by atoms with Crippen LogP contribution in [0.15, 0.2) is 41.3 Å². The van der Waals surface area contributed by atoms with Crippen molar-refractivity contribution in [2.24, 2.45) is 0 Å². The lowest BCUT2D eigenvalue weighted by Gasteiger charge is -2.13. The molecular weight excluding hydrogens is 298 g/mol. The van der Waals surface area contributed by atoms with Gasteiger partial charge in [-0.3, -0.25) is 4.72 Å². The molecule has 4 nitrogen and oxygen atoms in total. The minimum Gasteiger partial charge on any atom is -0.495 e. The van der Waals surface area contributed by atoms with Crippen LogP contribution < -0.4 is 9.46 Å². The summed E-state index contributed by atoms with van der Waals surface area (Å²) in [5, 5.41) is 0. The lowest BCUT2D eigenvalue weighted by Crippen LogP contribution is -2.14. The molecule has 0 aromatic heterocycles. The molecule has 3 rings (SSSR count). The highest BCUT2D eigenvalue weighted by atomic mass is 32.2. The highest BCUT2D eigenvalue weighted by molar-refractivity contribution is 7.92. The predicted molar refractivity (Wildman–Crippen MR) is 87.0 cm³/mol. The molecule has 0 fully saturated rings. The third kappa shape index (κ3) is 2.81. The Morgan fingerprint density at radius 3 is 2.59 bits per heavy atom. The van der Waals surface area contributed by atoms with E-state index in [-0.39, 0.29) is 0 Å². The van der Waals surface area contributed by atoms with Gasteiger partial charge in [0.05, 0.1) is 17.7 Å². The second kappa shape index (κ2) is 5.65. The van der Waals surface area contributed by atoms with Crippen LogP contribution in [-0.2, 0) is 22.9 Å². The average Bonchev–Trinajstić information content (AvgIpc) is 2.96. The van der Waals surface area contributed by atoms with Crippen molar-refractivity contribution in [2.75, 3.05) is 11.8 Å². The summed E-state index contributed by atoms with van der Waals surface area (Å²) in [6.07, 6.45) is 3.08. The summed E-state index contributed by atoms with van der Waals surface area (Å²) in [7, 11) is -2.08. The van der Waals surface area contributed by atoms with Gasteiger partial charge in [-0.1, -0.05) is 12.1 Å².